The zero-order valence-corrected chi connectivity index (χ0v) is 10.3. The van der Waals surface area contributed by atoms with Crippen LogP contribution in [0, 0.1) is 6.92 Å². The van der Waals surface area contributed by atoms with Gasteiger partial charge < -0.3 is 4.98 Å². The Kier molecular flexibility index (Phi) is 3.59. The van der Waals surface area contributed by atoms with Gasteiger partial charge in [-0.1, -0.05) is 18.2 Å². The highest BCUT2D eigenvalue weighted by atomic mass is 35.5. The maximum Gasteiger partial charge on any atom is 0.258 e. The molecule has 0 saturated carbocycles. The van der Waals surface area contributed by atoms with Gasteiger partial charge in [0, 0.05) is 5.88 Å². The molecule has 1 aromatic heterocycles. The molecule has 4 heteroatoms. The van der Waals surface area contributed by atoms with E-state index in [1.54, 1.807) is 6.92 Å². The summed E-state index contributed by atoms with van der Waals surface area (Å²) >= 11 is 5.59. The lowest BCUT2D eigenvalue weighted by Crippen LogP contribution is -2.09. The van der Waals surface area contributed by atoms with Crippen LogP contribution in [0.4, 0.5) is 0 Å². The molecule has 1 N–H and O–H groups in total. The molecular weight excluding hydrogens is 236 g/mol. The molecule has 0 spiro atoms. The number of benzene rings is 1. The van der Waals surface area contributed by atoms with Crippen LogP contribution in [0.5, 0.6) is 0 Å². The first kappa shape index (κ1) is 11.9. The number of nitrogens with zero attached hydrogens (tertiary/aromatic N) is 1. The van der Waals surface area contributed by atoms with Crippen LogP contribution >= 0.6 is 11.6 Å². The maximum atomic E-state index is 11.7. The fraction of sp³-hybridized carbons (Fsp3) is 0.231. The van der Waals surface area contributed by atoms with Gasteiger partial charge in [0.2, 0.25) is 0 Å². The summed E-state index contributed by atoms with van der Waals surface area (Å²) in [5.41, 5.74) is 1.61. The van der Waals surface area contributed by atoms with Gasteiger partial charge >= 0.3 is 0 Å². The zero-order chi connectivity index (χ0) is 12.3. The number of allylic oxidation sites excluding steroid dienone is 1. The predicted molar refractivity (Wildman–Crippen MR) is 71.5 cm³/mol. The van der Waals surface area contributed by atoms with Crippen molar-refractivity contribution in [2.24, 2.45) is 0 Å². The number of hydrogen-bond donors (Lipinski definition) is 1. The van der Waals surface area contributed by atoms with E-state index in [0.29, 0.717) is 17.1 Å². The molecule has 0 fully saturated rings. The standard InChI is InChI=1S/C13H13ClN2O/c1-9-15-12-6-5-10(4-2-3-7-14)8-11(12)13(17)16-9/h2,4-6,8H,3,7H2,1H3,(H,15,16,17). The average Bonchev–Trinajstić information content (AvgIpc) is 2.30. The molecule has 2 rings (SSSR count). The van der Waals surface area contributed by atoms with Crippen molar-refractivity contribution < 1.29 is 0 Å². The van der Waals surface area contributed by atoms with Crippen LogP contribution in [0.15, 0.2) is 29.1 Å². The Labute approximate surface area is 104 Å². The van der Waals surface area contributed by atoms with Crippen LogP contribution < -0.4 is 5.56 Å². The minimum Gasteiger partial charge on any atom is -0.310 e. The van der Waals surface area contributed by atoms with Crippen LogP contribution in [0.25, 0.3) is 17.0 Å². The lowest BCUT2D eigenvalue weighted by Gasteiger charge is -2.00. The van der Waals surface area contributed by atoms with Crippen LogP contribution in [-0.4, -0.2) is 15.8 Å². The second kappa shape index (κ2) is 5.15. The van der Waals surface area contributed by atoms with Crippen molar-refractivity contribution in [2.75, 3.05) is 5.88 Å². The van der Waals surface area contributed by atoms with Crippen LogP contribution in [0.3, 0.4) is 0 Å². The number of aromatic amines is 1. The first-order valence-corrected chi connectivity index (χ1v) is 5.97. The summed E-state index contributed by atoms with van der Waals surface area (Å²) in [6.45, 7) is 1.77. The Morgan fingerprint density at radius 1 is 1.47 bits per heavy atom. The first-order chi connectivity index (χ1) is 8.20. The van der Waals surface area contributed by atoms with E-state index in [1.807, 2.05) is 30.4 Å². The Hall–Kier alpha value is -1.61. The molecule has 0 unspecified atom stereocenters. The van der Waals surface area contributed by atoms with Gasteiger partial charge in [-0.15, -0.1) is 11.6 Å². The van der Waals surface area contributed by atoms with E-state index in [9.17, 15) is 4.79 Å². The molecule has 88 valence electrons. The fourth-order valence-electron chi connectivity index (χ4n) is 1.66. The van der Waals surface area contributed by atoms with E-state index in [0.717, 1.165) is 17.5 Å². The molecule has 0 atom stereocenters. The summed E-state index contributed by atoms with van der Waals surface area (Å²) in [6, 6.07) is 5.64. The highest BCUT2D eigenvalue weighted by molar-refractivity contribution is 6.17. The Morgan fingerprint density at radius 2 is 2.29 bits per heavy atom. The van der Waals surface area contributed by atoms with Crippen LogP contribution in [0.1, 0.15) is 17.8 Å². The monoisotopic (exact) mass is 248 g/mol. The van der Waals surface area contributed by atoms with Crippen molar-refractivity contribution in [2.45, 2.75) is 13.3 Å². The van der Waals surface area contributed by atoms with E-state index in [-0.39, 0.29) is 5.56 Å². The van der Waals surface area contributed by atoms with Gasteiger partial charge in [0.1, 0.15) is 5.82 Å². The Morgan fingerprint density at radius 3 is 3.06 bits per heavy atom. The van der Waals surface area contributed by atoms with Crippen molar-refractivity contribution in [3.05, 3.63) is 46.0 Å². The van der Waals surface area contributed by atoms with Gasteiger partial charge in [0.15, 0.2) is 0 Å². The van der Waals surface area contributed by atoms with Crippen LogP contribution in [-0.2, 0) is 0 Å². The molecule has 3 nitrogen and oxygen atoms in total. The molecule has 0 aliphatic rings. The lowest BCUT2D eigenvalue weighted by molar-refractivity contribution is 1.06. The van der Waals surface area contributed by atoms with Gasteiger partial charge in [0.05, 0.1) is 10.9 Å². The van der Waals surface area contributed by atoms with E-state index < -0.39 is 0 Å². The number of nitrogens with one attached hydrogen (secondary N) is 1. The van der Waals surface area contributed by atoms with Gasteiger partial charge in [0.25, 0.3) is 5.56 Å². The van der Waals surface area contributed by atoms with Crippen molar-refractivity contribution in [1.29, 1.82) is 0 Å². The van der Waals surface area contributed by atoms with Gasteiger partial charge in [-0.2, -0.15) is 0 Å². The summed E-state index contributed by atoms with van der Waals surface area (Å²) in [5.74, 6) is 1.23. The Balaban J connectivity index is 2.47. The molecule has 2 aromatic rings. The molecule has 0 saturated heterocycles. The summed E-state index contributed by atoms with van der Waals surface area (Å²) in [5, 5.41) is 0.614. The van der Waals surface area contributed by atoms with Crippen molar-refractivity contribution in [1.82, 2.24) is 9.97 Å². The van der Waals surface area contributed by atoms with Gasteiger partial charge in [-0.3, -0.25) is 4.79 Å². The minimum absolute atomic E-state index is 0.0971. The number of halogens is 1. The van der Waals surface area contributed by atoms with E-state index in [2.05, 4.69) is 9.97 Å². The summed E-state index contributed by atoms with van der Waals surface area (Å²) < 4.78 is 0. The van der Waals surface area contributed by atoms with Crippen molar-refractivity contribution in [3.8, 4) is 0 Å². The van der Waals surface area contributed by atoms with Gasteiger partial charge in [-0.05, 0) is 31.0 Å². The Bertz CT molecular complexity index is 616. The molecule has 1 aromatic carbocycles. The minimum atomic E-state index is -0.0971. The van der Waals surface area contributed by atoms with Crippen LogP contribution in [0.2, 0.25) is 0 Å². The predicted octanol–water partition coefficient (Wildman–Crippen LogP) is 2.87. The second-order valence-electron chi connectivity index (χ2n) is 3.81. The largest absolute Gasteiger partial charge is 0.310 e. The normalized spacial score (nSPS) is 11.4. The lowest BCUT2D eigenvalue weighted by atomic mass is 10.1. The van der Waals surface area contributed by atoms with Crippen molar-refractivity contribution in [3.63, 3.8) is 0 Å². The van der Waals surface area contributed by atoms with E-state index in [1.165, 1.54) is 0 Å². The molecule has 0 aliphatic carbocycles. The number of hydrogen-bond acceptors (Lipinski definition) is 2. The third kappa shape index (κ3) is 2.74. The van der Waals surface area contributed by atoms with Gasteiger partial charge in [-0.25, -0.2) is 4.98 Å². The highest BCUT2D eigenvalue weighted by Gasteiger charge is 2.01. The summed E-state index contributed by atoms with van der Waals surface area (Å²) in [7, 11) is 0. The zero-order valence-electron chi connectivity index (χ0n) is 9.53. The number of aromatic nitrogens is 2. The highest BCUT2D eigenvalue weighted by Crippen LogP contribution is 2.11. The smallest absolute Gasteiger partial charge is 0.258 e. The second-order valence-corrected chi connectivity index (χ2v) is 4.19. The fourth-order valence-corrected chi connectivity index (χ4v) is 1.79. The summed E-state index contributed by atoms with van der Waals surface area (Å²) in [4.78, 5) is 18.7. The topological polar surface area (TPSA) is 45.8 Å². The number of H-pyrrole nitrogens is 1. The average molecular weight is 249 g/mol. The number of fused-ring (bicyclic) bond motifs is 1. The molecule has 0 amide bonds. The molecule has 17 heavy (non-hydrogen) atoms. The number of aryl methyl sites for hydroxylation is 1. The third-order valence-corrected chi connectivity index (χ3v) is 2.65. The molecule has 0 aliphatic heterocycles. The van der Waals surface area contributed by atoms with Crippen molar-refractivity contribution >= 4 is 28.6 Å². The molecule has 1 heterocycles. The molecular formula is C13H13ClN2O. The SMILES string of the molecule is Cc1nc2ccc(C=CCCCl)cc2c(=O)[nH]1. The molecule has 0 radical (unpaired) electrons. The molecule has 0 bridgehead atoms. The quantitative estimate of drug-likeness (QED) is 0.849. The van der Waals surface area contributed by atoms with E-state index in [4.69, 9.17) is 11.6 Å². The number of alkyl halides is 1. The summed E-state index contributed by atoms with van der Waals surface area (Å²) in [6.07, 6.45) is 4.77. The number of rotatable bonds is 3. The third-order valence-electron chi connectivity index (χ3n) is 2.43. The first-order valence-electron chi connectivity index (χ1n) is 5.44. The van der Waals surface area contributed by atoms with E-state index >= 15 is 0 Å². The maximum absolute atomic E-state index is 11.7.